The number of rotatable bonds is 5. The van der Waals surface area contributed by atoms with Crippen molar-refractivity contribution >= 4 is 21.6 Å². The number of morpholine rings is 1. The molecule has 0 unspecified atom stereocenters. The topological polar surface area (TPSA) is 93.5 Å². The average Bonchev–Trinajstić information content (AvgIpc) is 3.05. The number of carbonyl (C=O) groups is 1. The Morgan fingerprint density at radius 1 is 1.32 bits per heavy atom. The predicted molar refractivity (Wildman–Crippen MR) is 86.8 cm³/mol. The molecule has 0 spiro atoms. The number of nitrogens with one attached hydrogen (secondary N) is 1. The molecule has 1 aromatic heterocycles. The number of halogens is 1. The summed E-state index contributed by atoms with van der Waals surface area (Å²) < 4.78 is 45.9. The molecule has 0 atom stereocenters. The number of hydrogen-bond acceptors (Lipinski definition) is 5. The van der Waals surface area contributed by atoms with Crippen LogP contribution in [0, 0.1) is 5.82 Å². The van der Waals surface area contributed by atoms with Crippen molar-refractivity contribution in [3.63, 3.8) is 0 Å². The van der Waals surface area contributed by atoms with Crippen molar-refractivity contribution in [3.8, 4) is 0 Å². The van der Waals surface area contributed by atoms with Crippen LogP contribution in [0.15, 0.2) is 41.8 Å². The summed E-state index contributed by atoms with van der Waals surface area (Å²) in [4.78, 5) is 15.9. The highest BCUT2D eigenvalue weighted by atomic mass is 32.2. The number of hydrogen-bond donors (Lipinski definition) is 1. The van der Waals surface area contributed by atoms with Crippen molar-refractivity contribution in [2.75, 3.05) is 31.6 Å². The van der Waals surface area contributed by atoms with Crippen LogP contribution < -0.4 is 5.32 Å². The largest absolute Gasteiger partial charge is 0.379 e. The van der Waals surface area contributed by atoms with Gasteiger partial charge in [-0.05, 0) is 18.2 Å². The number of anilines is 1. The summed E-state index contributed by atoms with van der Waals surface area (Å²) >= 11 is 0. The van der Waals surface area contributed by atoms with E-state index in [-0.39, 0.29) is 24.7 Å². The molecule has 0 saturated carbocycles. The molecule has 2 aromatic rings. The minimum atomic E-state index is -3.70. The van der Waals surface area contributed by atoms with Gasteiger partial charge in [0, 0.05) is 25.0 Å². The number of ether oxygens (including phenoxy) is 1. The van der Waals surface area contributed by atoms with E-state index in [1.807, 2.05) is 0 Å². The second kappa shape index (κ2) is 7.30. The molecule has 1 amide bonds. The minimum absolute atomic E-state index is 0.118. The molecule has 1 aliphatic heterocycles. The fourth-order valence-electron chi connectivity index (χ4n) is 2.41. The van der Waals surface area contributed by atoms with E-state index >= 15 is 0 Å². The van der Waals surface area contributed by atoms with Crippen LogP contribution in [0.4, 0.5) is 10.1 Å². The van der Waals surface area contributed by atoms with Gasteiger partial charge in [-0.2, -0.15) is 4.31 Å². The Labute approximate surface area is 144 Å². The van der Waals surface area contributed by atoms with Crippen LogP contribution in [-0.2, 0) is 26.1 Å². The molecule has 0 bridgehead atoms. The van der Waals surface area contributed by atoms with E-state index in [1.165, 1.54) is 39.6 Å². The number of amides is 1. The smallest absolute Gasteiger partial charge is 0.262 e. The van der Waals surface area contributed by atoms with Gasteiger partial charge in [-0.25, -0.2) is 17.8 Å². The normalized spacial score (nSPS) is 15.9. The first-order valence-electron chi connectivity index (χ1n) is 7.60. The molecular weight excluding hydrogens is 351 g/mol. The summed E-state index contributed by atoms with van der Waals surface area (Å²) in [6, 6.07) is 5.51. The lowest BCUT2D eigenvalue weighted by Gasteiger charge is -2.24. The van der Waals surface area contributed by atoms with E-state index in [0.29, 0.717) is 18.9 Å². The van der Waals surface area contributed by atoms with Gasteiger partial charge in [-0.15, -0.1) is 0 Å². The van der Waals surface area contributed by atoms with Crippen LogP contribution in [0.1, 0.15) is 0 Å². The Bertz CT molecular complexity index is 862. The van der Waals surface area contributed by atoms with Crippen LogP contribution >= 0.6 is 0 Å². The first-order chi connectivity index (χ1) is 11.9. The standard InChI is InChI=1S/C15H17FN4O4S/c16-12-2-1-3-13(8-12)18-14(21)9-19-10-15(17-11-19)25(22,23)20-4-6-24-7-5-20/h1-3,8,10-11H,4-7,9H2,(H,18,21). The zero-order chi connectivity index (χ0) is 17.9. The summed E-state index contributed by atoms with van der Waals surface area (Å²) in [5.41, 5.74) is 0.325. The number of sulfonamides is 1. The van der Waals surface area contributed by atoms with Crippen molar-refractivity contribution in [3.05, 3.63) is 42.6 Å². The quantitative estimate of drug-likeness (QED) is 0.838. The average molecular weight is 368 g/mol. The van der Waals surface area contributed by atoms with Crippen molar-refractivity contribution < 1.29 is 22.3 Å². The molecule has 134 valence electrons. The van der Waals surface area contributed by atoms with Gasteiger partial charge in [0.1, 0.15) is 12.4 Å². The van der Waals surface area contributed by atoms with Gasteiger partial charge in [0.2, 0.25) is 5.91 Å². The van der Waals surface area contributed by atoms with Gasteiger partial charge < -0.3 is 14.6 Å². The maximum Gasteiger partial charge on any atom is 0.262 e. The van der Waals surface area contributed by atoms with E-state index in [2.05, 4.69) is 10.3 Å². The van der Waals surface area contributed by atoms with E-state index in [0.717, 1.165) is 0 Å². The van der Waals surface area contributed by atoms with Gasteiger partial charge in [0.25, 0.3) is 10.0 Å². The molecular formula is C15H17FN4O4S. The zero-order valence-corrected chi connectivity index (χ0v) is 14.1. The van der Waals surface area contributed by atoms with E-state index in [1.54, 1.807) is 6.07 Å². The predicted octanol–water partition coefficient (Wildman–Crippen LogP) is 0.682. The van der Waals surface area contributed by atoms with Gasteiger partial charge in [-0.1, -0.05) is 6.07 Å². The third-order valence-electron chi connectivity index (χ3n) is 3.62. The molecule has 1 aliphatic rings. The molecule has 0 radical (unpaired) electrons. The van der Waals surface area contributed by atoms with Gasteiger partial charge in [0.15, 0.2) is 5.03 Å². The van der Waals surface area contributed by atoms with E-state index < -0.39 is 21.7 Å². The number of carbonyl (C=O) groups excluding carboxylic acids is 1. The molecule has 25 heavy (non-hydrogen) atoms. The molecule has 1 fully saturated rings. The highest BCUT2D eigenvalue weighted by Gasteiger charge is 2.28. The number of nitrogens with zero attached hydrogens (tertiary/aromatic N) is 3. The zero-order valence-electron chi connectivity index (χ0n) is 13.3. The lowest BCUT2D eigenvalue weighted by atomic mass is 10.3. The van der Waals surface area contributed by atoms with Crippen molar-refractivity contribution in [1.82, 2.24) is 13.9 Å². The van der Waals surface area contributed by atoms with E-state index in [4.69, 9.17) is 4.74 Å². The van der Waals surface area contributed by atoms with Gasteiger partial charge >= 0.3 is 0 Å². The summed E-state index contributed by atoms with van der Waals surface area (Å²) in [6.45, 7) is 1.10. The number of imidazole rings is 1. The summed E-state index contributed by atoms with van der Waals surface area (Å²) in [7, 11) is -3.70. The Kier molecular flexibility index (Phi) is 5.11. The second-order valence-electron chi connectivity index (χ2n) is 5.46. The highest BCUT2D eigenvalue weighted by molar-refractivity contribution is 7.89. The number of aromatic nitrogens is 2. The monoisotopic (exact) mass is 368 g/mol. The van der Waals surface area contributed by atoms with Gasteiger partial charge in [0.05, 0.1) is 19.5 Å². The second-order valence-corrected chi connectivity index (χ2v) is 7.34. The molecule has 1 saturated heterocycles. The molecule has 3 rings (SSSR count). The Morgan fingerprint density at radius 3 is 2.80 bits per heavy atom. The number of benzene rings is 1. The third kappa shape index (κ3) is 4.21. The summed E-state index contributed by atoms with van der Waals surface area (Å²) in [6.07, 6.45) is 2.58. The fourth-order valence-corrected chi connectivity index (χ4v) is 3.75. The maximum atomic E-state index is 13.1. The van der Waals surface area contributed by atoms with Crippen LogP contribution in [0.2, 0.25) is 0 Å². The van der Waals surface area contributed by atoms with Crippen molar-refractivity contribution in [2.45, 2.75) is 11.6 Å². The molecule has 8 nitrogen and oxygen atoms in total. The summed E-state index contributed by atoms with van der Waals surface area (Å²) in [5, 5.41) is 2.42. The van der Waals surface area contributed by atoms with Crippen LogP contribution in [0.3, 0.4) is 0 Å². The lowest BCUT2D eigenvalue weighted by molar-refractivity contribution is -0.116. The van der Waals surface area contributed by atoms with Crippen molar-refractivity contribution in [2.24, 2.45) is 0 Å². The summed E-state index contributed by atoms with van der Waals surface area (Å²) in [5.74, 6) is -0.877. The fraction of sp³-hybridized carbons (Fsp3) is 0.333. The highest BCUT2D eigenvalue weighted by Crippen LogP contribution is 2.15. The molecule has 10 heteroatoms. The molecule has 0 aliphatic carbocycles. The third-order valence-corrected chi connectivity index (χ3v) is 5.40. The lowest BCUT2D eigenvalue weighted by Crippen LogP contribution is -2.40. The Balaban J connectivity index is 1.66. The van der Waals surface area contributed by atoms with Crippen molar-refractivity contribution in [1.29, 1.82) is 0 Å². The molecule has 1 aromatic carbocycles. The Hall–Kier alpha value is -2.30. The van der Waals surface area contributed by atoms with Crippen LogP contribution in [-0.4, -0.2) is 54.5 Å². The van der Waals surface area contributed by atoms with Crippen LogP contribution in [0.5, 0.6) is 0 Å². The Morgan fingerprint density at radius 2 is 2.08 bits per heavy atom. The molecule has 1 N–H and O–H groups in total. The van der Waals surface area contributed by atoms with E-state index in [9.17, 15) is 17.6 Å². The molecule has 2 heterocycles. The first-order valence-corrected chi connectivity index (χ1v) is 9.04. The first kappa shape index (κ1) is 17.5. The van der Waals surface area contributed by atoms with Gasteiger partial charge in [-0.3, -0.25) is 4.79 Å². The maximum absolute atomic E-state index is 13.1. The van der Waals surface area contributed by atoms with Crippen LogP contribution in [0.25, 0.3) is 0 Å². The SMILES string of the molecule is O=C(Cn1cnc(S(=O)(=O)N2CCOCC2)c1)Nc1cccc(F)c1. The minimum Gasteiger partial charge on any atom is -0.379 e.